The summed E-state index contributed by atoms with van der Waals surface area (Å²) in [5, 5.41) is 8.15. The van der Waals surface area contributed by atoms with Crippen molar-refractivity contribution >= 4 is 12.4 Å². The fourth-order valence-electron chi connectivity index (χ4n) is 3.70. The average molecular weight is 299 g/mol. The zero-order valence-electron chi connectivity index (χ0n) is 12.7. The largest absolute Gasteiger partial charge is 0.311 e. The Morgan fingerprint density at radius 1 is 1.35 bits per heavy atom. The second-order valence-electron chi connectivity index (χ2n) is 6.54. The molecule has 114 valence electrons. The lowest BCUT2D eigenvalue weighted by Crippen LogP contribution is -2.46. The number of nitrogens with zero attached hydrogens (tertiary/aromatic N) is 3. The number of hydrogen-bond acceptors (Lipinski definition) is 3. The molecule has 0 aliphatic carbocycles. The van der Waals surface area contributed by atoms with Crippen molar-refractivity contribution < 1.29 is 0 Å². The standard InChI is InChI=1S/C15H26N4.ClH/c1-11(2)19-14(6-7-16-19)10-18(3)15-8-12-4-5-13(9-15)17-12;/h6-7,11-13,15,17H,4-5,8-10H2,1-3H3;1H. The van der Waals surface area contributed by atoms with Crippen molar-refractivity contribution in [1.82, 2.24) is 20.0 Å². The van der Waals surface area contributed by atoms with Crippen LogP contribution in [0.4, 0.5) is 0 Å². The van der Waals surface area contributed by atoms with E-state index in [0.29, 0.717) is 6.04 Å². The van der Waals surface area contributed by atoms with Crippen LogP contribution in [-0.2, 0) is 6.54 Å². The molecule has 3 rings (SSSR count). The molecule has 0 aromatic carbocycles. The van der Waals surface area contributed by atoms with Gasteiger partial charge in [0.1, 0.15) is 0 Å². The van der Waals surface area contributed by atoms with Crippen LogP contribution in [0.25, 0.3) is 0 Å². The van der Waals surface area contributed by atoms with E-state index in [0.717, 1.165) is 24.7 Å². The third kappa shape index (κ3) is 3.18. The van der Waals surface area contributed by atoms with Gasteiger partial charge < -0.3 is 5.32 Å². The minimum Gasteiger partial charge on any atom is -0.311 e. The molecule has 1 N–H and O–H groups in total. The van der Waals surface area contributed by atoms with Gasteiger partial charge in [-0.3, -0.25) is 9.58 Å². The van der Waals surface area contributed by atoms with Gasteiger partial charge in [-0.1, -0.05) is 0 Å². The second kappa shape index (κ2) is 6.46. The molecule has 0 saturated carbocycles. The van der Waals surface area contributed by atoms with Crippen LogP contribution in [-0.4, -0.2) is 39.9 Å². The Morgan fingerprint density at radius 3 is 2.60 bits per heavy atom. The van der Waals surface area contributed by atoms with E-state index in [1.807, 2.05) is 6.20 Å². The molecule has 2 saturated heterocycles. The first-order valence-corrected chi connectivity index (χ1v) is 7.62. The molecule has 2 bridgehead atoms. The summed E-state index contributed by atoms with van der Waals surface area (Å²) in [6, 6.07) is 4.87. The van der Waals surface area contributed by atoms with E-state index in [1.54, 1.807) is 0 Å². The maximum absolute atomic E-state index is 4.43. The van der Waals surface area contributed by atoms with Gasteiger partial charge >= 0.3 is 0 Å². The smallest absolute Gasteiger partial charge is 0.0527 e. The van der Waals surface area contributed by atoms with Gasteiger partial charge in [0, 0.05) is 36.9 Å². The lowest BCUT2D eigenvalue weighted by atomic mass is 9.98. The van der Waals surface area contributed by atoms with Crippen LogP contribution in [0.2, 0.25) is 0 Å². The van der Waals surface area contributed by atoms with E-state index in [4.69, 9.17) is 0 Å². The second-order valence-corrected chi connectivity index (χ2v) is 6.54. The van der Waals surface area contributed by atoms with E-state index in [2.05, 4.69) is 47.0 Å². The summed E-state index contributed by atoms with van der Waals surface area (Å²) in [5.74, 6) is 0. The molecule has 1 aromatic heterocycles. The predicted octanol–water partition coefficient (Wildman–Crippen LogP) is 2.60. The van der Waals surface area contributed by atoms with Crippen LogP contribution in [0.5, 0.6) is 0 Å². The van der Waals surface area contributed by atoms with Crippen LogP contribution >= 0.6 is 12.4 Å². The number of hydrogen-bond donors (Lipinski definition) is 1. The van der Waals surface area contributed by atoms with Crippen LogP contribution in [0, 0.1) is 0 Å². The predicted molar refractivity (Wildman–Crippen MR) is 84.3 cm³/mol. The first-order chi connectivity index (χ1) is 9.13. The molecule has 4 nitrogen and oxygen atoms in total. The minimum absolute atomic E-state index is 0. The highest BCUT2D eigenvalue weighted by Crippen LogP contribution is 2.29. The maximum atomic E-state index is 4.43. The van der Waals surface area contributed by atoms with Crippen molar-refractivity contribution in [2.45, 2.75) is 70.2 Å². The Hall–Kier alpha value is -0.580. The zero-order valence-corrected chi connectivity index (χ0v) is 13.6. The highest BCUT2D eigenvalue weighted by molar-refractivity contribution is 5.85. The van der Waals surface area contributed by atoms with Crippen molar-refractivity contribution in [2.75, 3.05) is 7.05 Å². The van der Waals surface area contributed by atoms with Crippen molar-refractivity contribution in [3.8, 4) is 0 Å². The Balaban J connectivity index is 0.00000147. The topological polar surface area (TPSA) is 33.1 Å². The molecule has 0 radical (unpaired) electrons. The normalized spacial score (nSPS) is 28.9. The van der Waals surface area contributed by atoms with E-state index in [-0.39, 0.29) is 12.4 Å². The average Bonchev–Trinajstić information content (AvgIpc) is 2.96. The molecule has 2 atom stereocenters. The van der Waals surface area contributed by atoms with Gasteiger partial charge in [0.05, 0.1) is 5.69 Å². The zero-order chi connectivity index (χ0) is 13.4. The van der Waals surface area contributed by atoms with Gasteiger partial charge in [-0.05, 0) is 52.6 Å². The van der Waals surface area contributed by atoms with Crippen LogP contribution in [0.3, 0.4) is 0 Å². The summed E-state index contributed by atoms with van der Waals surface area (Å²) >= 11 is 0. The van der Waals surface area contributed by atoms with Gasteiger partial charge in [-0.25, -0.2) is 0 Å². The van der Waals surface area contributed by atoms with Crippen molar-refractivity contribution in [2.24, 2.45) is 0 Å². The number of aromatic nitrogens is 2. The quantitative estimate of drug-likeness (QED) is 0.927. The first kappa shape index (κ1) is 15.8. The maximum Gasteiger partial charge on any atom is 0.0527 e. The monoisotopic (exact) mass is 298 g/mol. The molecule has 0 amide bonds. The third-order valence-electron chi connectivity index (χ3n) is 4.72. The Kier molecular flexibility index (Phi) is 5.10. The summed E-state index contributed by atoms with van der Waals surface area (Å²) < 4.78 is 2.15. The van der Waals surface area contributed by atoms with E-state index in [9.17, 15) is 0 Å². The summed E-state index contributed by atoms with van der Waals surface area (Å²) in [7, 11) is 2.27. The molecular formula is C15H27ClN4. The van der Waals surface area contributed by atoms with Crippen LogP contribution in [0.1, 0.15) is 51.3 Å². The molecule has 20 heavy (non-hydrogen) atoms. The summed E-state index contributed by atoms with van der Waals surface area (Å²) in [5.41, 5.74) is 1.34. The van der Waals surface area contributed by atoms with Crippen molar-refractivity contribution in [3.63, 3.8) is 0 Å². The molecule has 2 aliphatic heterocycles. The van der Waals surface area contributed by atoms with Gasteiger partial charge in [0.25, 0.3) is 0 Å². The number of fused-ring (bicyclic) bond motifs is 2. The molecule has 2 unspecified atom stereocenters. The Morgan fingerprint density at radius 2 is 2.00 bits per heavy atom. The lowest BCUT2D eigenvalue weighted by Gasteiger charge is -2.35. The molecular weight excluding hydrogens is 272 g/mol. The summed E-state index contributed by atoms with van der Waals surface area (Å²) in [6.45, 7) is 5.41. The highest BCUT2D eigenvalue weighted by Gasteiger charge is 2.35. The summed E-state index contributed by atoms with van der Waals surface area (Å²) in [6.07, 6.45) is 7.29. The molecule has 0 spiro atoms. The molecule has 1 aromatic rings. The first-order valence-electron chi connectivity index (χ1n) is 7.62. The number of halogens is 1. The van der Waals surface area contributed by atoms with Gasteiger partial charge in [0.2, 0.25) is 0 Å². The number of nitrogens with one attached hydrogen (secondary N) is 1. The lowest BCUT2D eigenvalue weighted by molar-refractivity contribution is 0.161. The van der Waals surface area contributed by atoms with Crippen LogP contribution < -0.4 is 5.32 Å². The fourth-order valence-corrected chi connectivity index (χ4v) is 3.70. The van der Waals surface area contributed by atoms with Crippen molar-refractivity contribution in [3.05, 3.63) is 18.0 Å². The molecule has 2 fully saturated rings. The van der Waals surface area contributed by atoms with E-state index >= 15 is 0 Å². The number of rotatable bonds is 4. The number of piperidine rings is 1. The third-order valence-corrected chi connectivity index (χ3v) is 4.72. The van der Waals surface area contributed by atoms with Gasteiger partial charge in [-0.15, -0.1) is 12.4 Å². The minimum atomic E-state index is 0. The highest BCUT2D eigenvalue weighted by atomic mass is 35.5. The van der Waals surface area contributed by atoms with Gasteiger partial charge in [-0.2, -0.15) is 5.10 Å². The molecule has 2 aliphatic rings. The summed E-state index contributed by atoms with van der Waals surface area (Å²) in [4.78, 5) is 2.53. The van der Waals surface area contributed by atoms with Crippen LogP contribution in [0.15, 0.2) is 12.3 Å². The Labute approximate surface area is 128 Å². The van der Waals surface area contributed by atoms with E-state index < -0.39 is 0 Å². The van der Waals surface area contributed by atoms with Gasteiger partial charge in [0.15, 0.2) is 0 Å². The molecule has 3 heterocycles. The van der Waals surface area contributed by atoms with Crippen molar-refractivity contribution in [1.29, 1.82) is 0 Å². The molecule has 5 heteroatoms. The van der Waals surface area contributed by atoms with E-state index in [1.165, 1.54) is 31.4 Å². The SMILES string of the molecule is CC(C)n1nccc1CN(C)C1CC2CCC(C1)N2.Cl. The Bertz CT molecular complexity index is 419. The fraction of sp³-hybridized carbons (Fsp3) is 0.800.